The van der Waals surface area contributed by atoms with Crippen molar-refractivity contribution in [3.05, 3.63) is 124 Å². The topological polar surface area (TPSA) is 510 Å². The van der Waals surface area contributed by atoms with Crippen LogP contribution in [0.3, 0.4) is 0 Å². The van der Waals surface area contributed by atoms with Crippen LogP contribution >= 0.6 is 23.1 Å². The second-order valence-electron chi connectivity index (χ2n) is 34.8. The summed E-state index contributed by atoms with van der Waals surface area (Å²) in [6.07, 6.45) is -0.0416. The number of amides is 5. The number of aryl methyl sites for hydroxylation is 1. The first-order valence-electron chi connectivity index (χ1n) is 41.7. The number of anilines is 2. The molecule has 0 radical (unpaired) electrons. The molecule has 4 aliphatic carbocycles. The minimum Gasteiger partial charge on any atom is -0.479 e. The maximum atomic E-state index is 14.6. The molecule has 2 unspecified atom stereocenters. The van der Waals surface area contributed by atoms with E-state index in [1.807, 2.05) is 71.5 Å². The van der Waals surface area contributed by atoms with Gasteiger partial charge in [-0.3, -0.25) is 43.3 Å². The molecule has 6 fully saturated rings. The Labute approximate surface area is 732 Å². The van der Waals surface area contributed by atoms with Crippen molar-refractivity contribution in [1.82, 2.24) is 40.2 Å². The molecule has 11 N–H and O–H groups in total. The van der Waals surface area contributed by atoms with Gasteiger partial charge in [-0.15, -0.1) is 0 Å². The number of carboxylic acids is 2. The summed E-state index contributed by atoms with van der Waals surface area (Å²) in [6.45, 7) is 12.3. The molecule has 12 atom stereocenters. The van der Waals surface area contributed by atoms with Crippen molar-refractivity contribution in [3.8, 4) is 11.1 Å². The van der Waals surface area contributed by atoms with Crippen LogP contribution < -0.4 is 20.9 Å². The van der Waals surface area contributed by atoms with Gasteiger partial charge in [0.25, 0.3) is 16.0 Å². The Balaban J connectivity index is 0.00000264. The number of fused-ring (bicyclic) bond motifs is 2. The monoisotopic (exact) mass is 1790 g/mol. The van der Waals surface area contributed by atoms with Crippen LogP contribution in [0.5, 0.6) is 0 Å². The highest BCUT2D eigenvalue weighted by molar-refractivity contribution is 7.97. The van der Waals surface area contributed by atoms with E-state index < -0.39 is 155 Å². The normalized spacial score (nSPS) is 24.3. The summed E-state index contributed by atoms with van der Waals surface area (Å²) in [5.74, 6) is -7.44. The third-order valence-corrected chi connectivity index (χ3v) is 26.0. The fraction of sp³-hybridized carbons (Fsp3) is 0.575. The average Bonchev–Trinajstić information content (AvgIpc) is 1.30. The van der Waals surface area contributed by atoms with Crippen LogP contribution in [-0.4, -0.2) is 269 Å². The number of aliphatic hydroxyl groups excluding tert-OH is 5. The Kier molecular flexibility index (Phi) is 33.1. The zero-order valence-electron chi connectivity index (χ0n) is 71.6. The summed E-state index contributed by atoms with van der Waals surface area (Å²) in [5.41, 5.74) is 4.77. The number of thiazole rings is 1. The molecule has 3 aromatic heterocycles. The Morgan fingerprint density at radius 1 is 0.864 bits per heavy atom. The molecule has 38 heteroatoms. The zero-order valence-corrected chi connectivity index (χ0v) is 74.1. The Bertz CT molecular complexity index is 5010. The molecule has 6 aromatic rings. The number of nitrogens with one attached hydrogen (secondary N) is 3. The highest BCUT2D eigenvalue weighted by Crippen LogP contribution is 2.72. The number of para-hydroxylation sites is 1. The number of aliphatic carboxylic acids is 1. The first-order valence-corrected chi connectivity index (χ1v) is 45.8. The second-order valence-corrected chi connectivity index (χ2v) is 38.2. The van der Waals surface area contributed by atoms with E-state index in [0.29, 0.717) is 76.8 Å². The molecule has 3 aliphatic heterocycles. The van der Waals surface area contributed by atoms with E-state index in [2.05, 4.69) is 34.8 Å². The smallest absolute Gasteiger partial charge is 0.410 e. The second kappa shape index (κ2) is 42.4. The predicted molar refractivity (Wildman–Crippen MR) is 458 cm³/mol. The third-order valence-electron chi connectivity index (χ3n) is 24.4. The maximum Gasteiger partial charge on any atom is 0.410 e. The van der Waals surface area contributed by atoms with Crippen molar-refractivity contribution in [2.75, 3.05) is 81.1 Å². The lowest BCUT2D eigenvalue weighted by atomic mass is 9.39. The molecule has 680 valence electrons. The molecular weight excluding hydrogens is 1680 g/mol. The van der Waals surface area contributed by atoms with E-state index in [1.54, 1.807) is 69.1 Å². The lowest BCUT2D eigenvalue weighted by Crippen LogP contribution is -2.64. The zero-order chi connectivity index (χ0) is 91.2. The summed E-state index contributed by atoms with van der Waals surface area (Å²) in [7, 11) is -4.36. The molecule has 3 aromatic carbocycles. The molecule has 5 amide bonds. The van der Waals surface area contributed by atoms with Crippen molar-refractivity contribution in [1.29, 1.82) is 0 Å². The number of benzene rings is 3. The number of likely N-dealkylation sites (tertiary alicyclic amines) is 1. The number of ketones is 2. The molecule has 4 saturated carbocycles. The van der Waals surface area contributed by atoms with Gasteiger partial charge in [-0.1, -0.05) is 88.4 Å². The first kappa shape index (κ1) is 97.7. The van der Waals surface area contributed by atoms with Gasteiger partial charge in [-0.2, -0.15) is 34.9 Å². The Morgan fingerprint density at radius 3 is 2.24 bits per heavy atom. The maximum absolute atomic E-state index is 14.6. The fourth-order valence-corrected chi connectivity index (χ4v) is 20.7. The van der Waals surface area contributed by atoms with Gasteiger partial charge in [0.2, 0.25) is 17.7 Å². The van der Waals surface area contributed by atoms with Gasteiger partial charge < -0.3 is 80.0 Å². The van der Waals surface area contributed by atoms with Crippen LogP contribution in [0.2, 0.25) is 0 Å². The van der Waals surface area contributed by atoms with Crippen LogP contribution in [0.4, 0.5) is 15.7 Å². The number of aliphatic hydroxyl groups is 5. The van der Waals surface area contributed by atoms with E-state index in [9.17, 15) is 91.9 Å². The lowest BCUT2D eigenvalue weighted by molar-refractivity contribution is -0.248. The number of carbonyl (C=O) groups is 9. The van der Waals surface area contributed by atoms with Gasteiger partial charge in [0.15, 0.2) is 28.5 Å². The number of rotatable bonds is 38. The number of carbonyl (C=O) groups excluding carboxylic acids is 9. The van der Waals surface area contributed by atoms with Gasteiger partial charge in [0.1, 0.15) is 36.8 Å². The van der Waals surface area contributed by atoms with E-state index in [-0.39, 0.29) is 112 Å². The van der Waals surface area contributed by atoms with Crippen molar-refractivity contribution < 1.29 is 120 Å². The summed E-state index contributed by atoms with van der Waals surface area (Å²) >= 11 is 3.14. The van der Waals surface area contributed by atoms with Crippen LogP contribution in [0, 0.1) is 35.0 Å². The van der Waals surface area contributed by atoms with Crippen molar-refractivity contribution in [2.24, 2.45) is 28.1 Å². The fourth-order valence-electron chi connectivity index (χ4n) is 19.5. The number of nitrogens with zero attached hydrogens (tertiary/aromatic N) is 7. The van der Waals surface area contributed by atoms with Gasteiger partial charge in [-0.25, -0.2) is 24.4 Å². The number of ether oxygens (including phenoxy) is 4. The average molecular weight is 1800 g/mol. The molecular formula is C87H114N10O25S3. The summed E-state index contributed by atoms with van der Waals surface area (Å²) in [5, 5.41) is 87.4. The molecule has 4 bridgehead atoms. The largest absolute Gasteiger partial charge is 0.479 e. The number of aromatic nitrogens is 4. The Hall–Kier alpha value is -9.54. The van der Waals surface area contributed by atoms with Gasteiger partial charge >= 0.3 is 24.2 Å². The third kappa shape index (κ3) is 24.6. The summed E-state index contributed by atoms with van der Waals surface area (Å²) in [6, 6.07) is 18.8. The number of carboxylic acid groups (broad SMARTS) is 2. The molecule has 2 saturated heterocycles. The molecule has 7 aliphatic rings. The highest BCUT2D eigenvalue weighted by Gasteiger charge is 2.66. The Morgan fingerprint density at radius 2 is 1.58 bits per heavy atom. The van der Waals surface area contributed by atoms with E-state index in [0.717, 1.165) is 59.1 Å². The lowest BCUT2D eigenvalue weighted by Gasteiger charge is -2.69. The number of pyridine rings is 1. The van der Waals surface area contributed by atoms with E-state index >= 15 is 0 Å². The van der Waals surface area contributed by atoms with Crippen LogP contribution in [0.1, 0.15) is 167 Å². The number of hydrogen-bond acceptors (Lipinski definition) is 28. The van der Waals surface area contributed by atoms with Crippen LogP contribution in [0.25, 0.3) is 21.3 Å². The number of aromatic carboxylic acids is 1. The standard InChI is InChI=1S/C84H108N10O23S2.C2H6S.CO2/c1-8-68(99)87-63-32-54(39-114-28-29-119(111,112)113)93(76(63)105)35-56(97)33-59(47(2)3)75(104)86-48(4)64(98)31-50-16-17-53(52(30-50)18-20-65-70(100)71(101)72(102)73(117-65)78(108)109)38-115-80(110)91(25-23-55(96)37-95)26-27-116-84-43-81(6)40-82(7,44-84)42-83(41-81,45-84)46-94-49(5)60(34-85-94)57-19-21-67(89-69(57)77(106)107)92-24-22-51-12-11-13-58(61(51)36-92)74(103)90-79-88-62-14-9-10-15-66(62)118-79;1-3-2;2-1-3/h9-17,19,21,30,34,47-48,54-55,59,63,65,70-73,95-96,100-102H,8,18,20,22-29,31-33,35-46H2,1-7H3,(H,86,104)(H,87,99)(H,106,107)(H,108,109)(H,88,90,103)(H,111,112,113);1-2H3;/t48-,54-,55-,59-,63-,65-,70-,71+,72-,73-,81?,82?,83?,84?;;/m0../s1. The van der Waals surface area contributed by atoms with Crippen LogP contribution in [-0.2, 0) is 106 Å². The molecule has 35 nitrogen and oxygen atoms in total. The predicted octanol–water partition coefficient (Wildman–Crippen LogP) is 6.41. The first-order chi connectivity index (χ1) is 59.2. The van der Waals surface area contributed by atoms with Gasteiger partial charge in [0, 0.05) is 80.3 Å². The molecule has 6 heterocycles. The van der Waals surface area contributed by atoms with Crippen molar-refractivity contribution in [3.63, 3.8) is 0 Å². The number of Topliss-reactive ketones (excluding diaryl/α,β-unsaturated/α-hetero) is 2. The summed E-state index contributed by atoms with van der Waals surface area (Å²) < 4.78 is 59.0. The van der Waals surface area contributed by atoms with Gasteiger partial charge in [0.05, 0.1) is 85.0 Å². The van der Waals surface area contributed by atoms with Crippen molar-refractivity contribution in [2.45, 2.75) is 218 Å². The molecule has 0 spiro atoms. The molecule has 125 heavy (non-hydrogen) atoms. The van der Waals surface area contributed by atoms with E-state index in [1.165, 1.54) is 28.1 Å². The molecule has 13 rings (SSSR count). The number of hydrogen-bond donors (Lipinski definition) is 11. The SMILES string of the molecule is CCC(=O)N[C@H]1C[C@@H](COCCS(=O)(=O)O)N(CC(=O)C[C@H](C(=O)N[C@@H](C)C(=O)Cc2ccc(COC(=O)N(CCOC34CC5(C)CC(C)(CC(Cn6ncc(-c7ccc(N8CCc9cccc(C(=O)Nc%10nc%11ccccc%11s%10)c9C8)nc7C(=O)O)c6C)(C5)C3)C4)CC[C@H](O)CO)c(CC[C@@H]3O[C@H](C(=O)O)[C@@H](O)[C@H](O)[C@H]3O)c2)C(C)C)C1=O.CSC.O=C=O. The van der Waals surface area contributed by atoms with Crippen LogP contribution in [0.15, 0.2) is 79.0 Å². The van der Waals surface area contributed by atoms with Gasteiger partial charge in [-0.05, 0) is 177 Å². The van der Waals surface area contributed by atoms with Crippen molar-refractivity contribution >= 4 is 114 Å². The summed E-state index contributed by atoms with van der Waals surface area (Å²) in [4.78, 5) is 152. The number of thioether (sulfide) groups is 1. The quantitative estimate of drug-likeness (QED) is 0.0147. The highest BCUT2D eigenvalue weighted by atomic mass is 32.2. The van der Waals surface area contributed by atoms with E-state index in [4.69, 9.17) is 38.6 Å². The minimum atomic E-state index is -4.36. The minimum absolute atomic E-state index is 0.00446.